The van der Waals surface area contributed by atoms with E-state index in [2.05, 4.69) is 0 Å². The molecule has 104 valence electrons. The minimum Gasteiger partial charge on any atom is -0.398 e. The number of para-hydroxylation sites is 1. The number of anilines is 1. The van der Waals surface area contributed by atoms with E-state index in [-0.39, 0.29) is 10.9 Å². The molecule has 2 fully saturated rings. The van der Waals surface area contributed by atoms with Gasteiger partial charge in [0.1, 0.15) is 0 Å². The lowest BCUT2D eigenvalue weighted by Crippen LogP contribution is -2.43. The minimum absolute atomic E-state index is 0.111. The third kappa shape index (κ3) is 2.55. The van der Waals surface area contributed by atoms with E-state index in [0.717, 1.165) is 30.8 Å². The molecule has 0 aromatic heterocycles. The van der Waals surface area contributed by atoms with Crippen molar-refractivity contribution in [2.45, 2.75) is 35.0 Å². The van der Waals surface area contributed by atoms with Gasteiger partial charge in [-0.3, -0.25) is 4.21 Å². The van der Waals surface area contributed by atoms with Gasteiger partial charge < -0.3 is 15.2 Å². The topological polar surface area (TPSA) is 61.6 Å². The van der Waals surface area contributed by atoms with Crippen molar-refractivity contribution in [1.82, 2.24) is 0 Å². The molecule has 0 bridgehead atoms. The highest BCUT2D eigenvalue weighted by atomic mass is 32.2. The van der Waals surface area contributed by atoms with E-state index < -0.39 is 10.8 Å². The van der Waals surface area contributed by atoms with Gasteiger partial charge in [0, 0.05) is 30.6 Å². The van der Waals surface area contributed by atoms with E-state index in [4.69, 9.17) is 15.2 Å². The molecular weight excluding hydrogens is 262 g/mol. The first-order chi connectivity index (χ1) is 9.20. The summed E-state index contributed by atoms with van der Waals surface area (Å²) in [6.07, 6.45) is 2.53. The van der Waals surface area contributed by atoms with Crippen LogP contribution in [0.15, 0.2) is 29.2 Å². The van der Waals surface area contributed by atoms with Crippen LogP contribution < -0.4 is 5.73 Å². The quantitative estimate of drug-likeness (QED) is 0.838. The summed E-state index contributed by atoms with van der Waals surface area (Å²) in [6.45, 7) is 2.03. The minimum atomic E-state index is -1.06. The highest BCUT2D eigenvalue weighted by Gasteiger charge is 2.42. The molecule has 2 aliphatic heterocycles. The molecule has 3 unspecified atom stereocenters. The van der Waals surface area contributed by atoms with Gasteiger partial charge in [-0.1, -0.05) is 12.1 Å². The van der Waals surface area contributed by atoms with Gasteiger partial charge in [-0.2, -0.15) is 0 Å². The van der Waals surface area contributed by atoms with E-state index in [1.54, 1.807) is 6.07 Å². The summed E-state index contributed by atoms with van der Waals surface area (Å²) < 4.78 is 24.0. The van der Waals surface area contributed by atoms with Crippen LogP contribution in [0.25, 0.3) is 0 Å². The lowest BCUT2D eigenvalue weighted by Gasteiger charge is -2.36. The Balaban J connectivity index is 1.78. The van der Waals surface area contributed by atoms with Crippen molar-refractivity contribution in [3.05, 3.63) is 24.3 Å². The largest absolute Gasteiger partial charge is 0.398 e. The van der Waals surface area contributed by atoms with Gasteiger partial charge in [0.05, 0.1) is 27.9 Å². The predicted octanol–water partition coefficient (Wildman–Crippen LogP) is 1.71. The van der Waals surface area contributed by atoms with Crippen molar-refractivity contribution < 1.29 is 13.7 Å². The van der Waals surface area contributed by atoms with E-state index in [0.29, 0.717) is 18.9 Å². The van der Waals surface area contributed by atoms with Gasteiger partial charge in [-0.25, -0.2) is 0 Å². The first-order valence-corrected chi connectivity index (χ1v) is 7.88. The van der Waals surface area contributed by atoms with Crippen LogP contribution in [0.4, 0.5) is 5.69 Å². The van der Waals surface area contributed by atoms with Crippen molar-refractivity contribution in [3.63, 3.8) is 0 Å². The Bertz CT molecular complexity index is 485. The molecule has 1 aromatic carbocycles. The highest BCUT2D eigenvalue weighted by molar-refractivity contribution is 7.85. The molecule has 4 nitrogen and oxygen atoms in total. The zero-order valence-corrected chi connectivity index (χ0v) is 11.7. The first-order valence-electron chi connectivity index (χ1n) is 6.67. The number of rotatable bonds is 2. The standard InChI is InChI=1S/C14H19NO3S/c15-12-3-1-2-4-13(12)19(16)11-5-7-18-14(9-11)6-8-17-10-14/h1-4,11H,5-10,15H2. The molecule has 3 atom stereocenters. The van der Waals surface area contributed by atoms with Crippen molar-refractivity contribution in [2.24, 2.45) is 0 Å². The Morgan fingerprint density at radius 3 is 2.89 bits per heavy atom. The zero-order valence-electron chi connectivity index (χ0n) is 10.8. The molecule has 1 aromatic rings. The maximum absolute atomic E-state index is 12.7. The van der Waals surface area contributed by atoms with Crippen LogP contribution in [0.1, 0.15) is 19.3 Å². The Labute approximate surface area is 115 Å². The number of nitrogens with two attached hydrogens (primary N) is 1. The molecule has 0 aliphatic carbocycles. The summed E-state index contributed by atoms with van der Waals surface area (Å²) in [5.41, 5.74) is 6.33. The van der Waals surface area contributed by atoms with Crippen molar-refractivity contribution >= 4 is 16.5 Å². The Morgan fingerprint density at radius 1 is 1.32 bits per heavy atom. The molecule has 0 amide bonds. The second-order valence-corrected chi connectivity index (χ2v) is 6.99. The van der Waals surface area contributed by atoms with Crippen LogP contribution in [0.2, 0.25) is 0 Å². The van der Waals surface area contributed by atoms with Gasteiger partial charge in [-0.05, 0) is 25.0 Å². The zero-order chi connectivity index (χ0) is 13.3. The van der Waals surface area contributed by atoms with Crippen LogP contribution in [0.3, 0.4) is 0 Å². The van der Waals surface area contributed by atoms with E-state index in [9.17, 15) is 4.21 Å². The molecule has 2 saturated heterocycles. The second-order valence-electron chi connectivity index (χ2n) is 5.28. The van der Waals surface area contributed by atoms with Crippen molar-refractivity contribution in [2.75, 3.05) is 25.6 Å². The monoisotopic (exact) mass is 281 g/mol. The summed E-state index contributed by atoms with van der Waals surface area (Å²) in [6, 6.07) is 7.42. The highest BCUT2D eigenvalue weighted by Crippen LogP contribution is 2.36. The van der Waals surface area contributed by atoms with Gasteiger partial charge in [0.2, 0.25) is 0 Å². The van der Waals surface area contributed by atoms with Crippen LogP contribution >= 0.6 is 0 Å². The lowest BCUT2D eigenvalue weighted by atomic mass is 9.93. The summed E-state index contributed by atoms with van der Waals surface area (Å²) in [5.74, 6) is 0. The molecule has 0 radical (unpaired) electrons. The molecular formula is C14H19NO3S. The fraction of sp³-hybridized carbons (Fsp3) is 0.571. The Kier molecular flexibility index (Phi) is 3.60. The van der Waals surface area contributed by atoms with Gasteiger partial charge >= 0.3 is 0 Å². The third-order valence-corrected chi connectivity index (χ3v) is 5.77. The SMILES string of the molecule is Nc1ccccc1S(=O)C1CCOC2(CCOC2)C1. The Morgan fingerprint density at radius 2 is 2.16 bits per heavy atom. The number of hydrogen-bond donors (Lipinski definition) is 1. The average molecular weight is 281 g/mol. The number of hydrogen-bond acceptors (Lipinski definition) is 4. The molecule has 19 heavy (non-hydrogen) atoms. The molecule has 0 saturated carbocycles. The maximum atomic E-state index is 12.7. The molecule has 1 spiro atoms. The summed E-state index contributed by atoms with van der Waals surface area (Å²) >= 11 is 0. The third-order valence-electron chi connectivity index (χ3n) is 3.95. The van der Waals surface area contributed by atoms with Crippen molar-refractivity contribution in [1.29, 1.82) is 0 Å². The summed E-state index contributed by atoms with van der Waals surface area (Å²) in [5, 5.41) is 0.111. The van der Waals surface area contributed by atoms with Crippen LogP contribution in [-0.2, 0) is 20.3 Å². The number of nitrogen functional groups attached to an aromatic ring is 1. The van der Waals surface area contributed by atoms with E-state index >= 15 is 0 Å². The lowest BCUT2D eigenvalue weighted by molar-refractivity contribution is -0.0774. The fourth-order valence-corrected chi connectivity index (χ4v) is 4.51. The fourth-order valence-electron chi connectivity index (χ4n) is 2.87. The first kappa shape index (κ1) is 13.1. The molecule has 3 rings (SSSR count). The Hall–Kier alpha value is -0.910. The van der Waals surface area contributed by atoms with E-state index in [1.165, 1.54) is 0 Å². The van der Waals surface area contributed by atoms with Crippen LogP contribution in [0.5, 0.6) is 0 Å². The number of ether oxygens (including phenoxy) is 2. The molecule has 2 N–H and O–H groups in total. The van der Waals surface area contributed by atoms with Gasteiger partial charge in [0.15, 0.2) is 0 Å². The molecule has 2 heterocycles. The predicted molar refractivity (Wildman–Crippen MR) is 74.4 cm³/mol. The second kappa shape index (κ2) is 5.23. The molecule has 5 heteroatoms. The number of benzene rings is 1. The van der Waals surface area contributed by atoms with Crippen LogP contribution in [0, 0.1) is 0 Å². The van der Waals surface area contributed by atoms with Gasteiger partial charge in [-0.15, -0.1) is 0 Å². The molecule has 2 aliphatic rings. The smallest absolute Gasteiger partial charge is 0.0948 e. The maximum Gasteiger partial charge on any atom is 0.0948 e. The normalized spacial score (nSPS) is 32.5. The van der Waals surface area contributed by atoms with Crippen LogP contribution in [-0.4, -0.2) is 34.9 Å². The average Bonchev–Trinajstić information content (AvgIpc) is 2.86. The summed E-state index contributed by atoms with van der Waals surface area (Å²) in [4.78, 5) is 0.753. The van der Waals surface area contributed by atoms with Gasteiger partial charge in [0.25, 0.3) is 0 Å². The summed E-state index contributed by atoms with van der Waals surface area (Å²) in [7, 11) is -1.06. The van der Waals surface area contributed by atoms with E-state index in [1.807, 2.05) is 18.2 Å². The van der Waals surface area contributed by atoms with Crippen molar-refractivity contribution in [3.8, 4) is 0 Å².